The monoisotopic (exact) mass is 439 g/mol. The zero-order valence-electron chi connectivity index (χ0n) is 17.4. The standard InChI is InChI=1S/C22H30ClNO6/c1-14(2)20(27)29-21(16-6-4-3-5-7-16)30-22(28)24-13-12-18(19(25)26)15-8-10-17(23)11-9-15/h8-11,14,16,18,21H,3-7,12-13H2,1-2H3,(H,24,28)(H,25,26). The Bertz CT molecular complexity index is 715. The lowest BCUT2D eigenvalue weighted by atomic mass is 9.89. The lowest BCUT2D eigenvalue weighted by Gasteiger charge is -2.29. The first-order valence-electron chi connectivity index (χ1n) is 10.4. The third-order valence-corrected chi connectivity index (χ3v) is 5.49. The first-order chi connectivity index (χ1) is 14.3. The summed E-state index contributed by atoms with van der Waals surface area (Å²) in [6.45, 7) is 3.56. The fraction of sp³-hybridized carbons (Fsp3) is 0.591. The lowest BCUT2D eigenvalue weighted by Crippen LogP contribution is -2.38. The van der Waals surface area contributed by atoms with Gasteiger partial charge in [0.05, 0.1) is 11.8 Å². The predicted molar refractivity (Wildman–Crippen MR) is 112 cm³/mol. The minimum absolute atomic E-state index is 0.0203. The largest absolute Gasteiger partial charge is 0.481 e. The van der Waals surface area contributed by atoms with Crippen molar-refractivity contribution in [3.05, 3.63) is 34.9 Å². The molecule has 2 rings (SSSR count). The Balaban J connectivity index is 1.90. The third-order valence-electron chi connectivity index (χ3n) is 5.23. The van der Waals surface area contributed by atoms with Gasteiger partial charge in [-0.3, -0.25) is 9.59 Å². The van der Waals surface area contributed by atoms with Gasteiger partial charge in [0.1, 0.15) is 0 Å². The summed E-state index contributed by atoms with van der Waals surface area (Å²) in [6.07, 6.45) is 3.34. The summed E-state index contributed by atoms with van der Waals surface area (Å²) >= 11 is 5.85. The summed E-state index contributed by atoms with van der Waals surface area (Å²) < 4.78 is 10.9. The highest BCUT2D eigenvalue weighted by Gasteiger charge is 2.31. The molecular weight excluding hydrogens is 410 g/mol. The van der Waals surface area contributed by atoms with Crippen LogP contribution < -0.4 is 5.32 Å². The van der Waals surface area contributed by atoms with Crippen LogP contribution in [0.15, 0.2) is 24.3 Å². The minimum Gasteiger partial charge on any atom is -0.481 e. The summed E-state index contributed by atoms with van der Waals surface area (Å²) in [7, 11) is 0. The number of aliphatic carboxylic acids is 1. The highest BCUT2D eigenvalue weighted by molar-refractivity contribution is 6.30. The second kappa shape index (κ2) is 11.8. The number of ether oxygens (including phenoxy) is 2. The van der Waals surface area contributed by atoms with Crippen molar-refractivity contribution in [2.45, 2.75) is 64.6 Å². The highest BCUT2D eigenvalue weighted by Crippen LogP contribution is 2.29. The van der Waals surface area contributed by atoms with E-state index in [1.807, 2.05) is 0 Å². The van der Waals surface area contributed by atoms with Gasteiger partial charge >= 0.3 is 18.0 Å². The van der Waals surface area contributed by atoms with Gasteiger partial charge in [0, 0.05) is 17.5 Å². The van der Waals surface area contributed by atoms with Crippen LogP contribution in [0.1, 0.15) is 63.9 Å². The molecule has 0 saturated heterocycles. The molecule has 1 amide bonds. The first kappa shape index (κ1) is 24.0. The molecule has 1 aliphatic carbocycles. The first-order valence-corrected chi connectivity index (χ1v) is 10.8. The molecule has 1 fully saturated rings. The van der Waals surface area contributed by atoms with Gasteiger partial charge in [-0.15, -0.1) is 0 Å². The number of carboxylic acids is 1. The van der Waals surface area contributed by atoms with Crippen LogP contribution in [0.4, 0.5) is 4.79 Å². The average molecular weight is 440 g/mol. The number of hydrogen-bond acceptors (Lipinski definition) is 5. The fourth-order valence-corrected chi connectivity index (χ4v) is 3.59. The second-order valence-corrected chi connectivity index (χ2v) is 8.36. The van der Waals surface area contributed by atoms with Crippen LogP contribution in [0.3, 0.4) is 0 Å². The third kappa shape index (κ3) is 7.52. The SMILES string of the molecule is CC(C)C(=O)OC(OC(=O)NCCC(C(=O)O)c1ccc(Cl)cc1)C1CCCCC1. The molecule has 2 atom stereocenters. The summed E-state index contributed by atoms with van der Waals surface area (Å²) in [5, 5.41) is 12.6. The van der Waals surface area contributed by atoms with Gasteiger partial charge in [-0.1, -0.05) is 56.8 Å². The molecule has 1 aromatic carbocycles. The molecule has 30 heavy (non-hydrogen) atoms. The van der Waals surface area contributed by atoms with E-state index in [9.17, 15) is 19.5 Å². The number of hydrogen-bond donors (Lipinski definition) is 2. The van der Waals surface area contributed by atoms with Crippen molar-refractivity contribution in [1.29, 1.82) is 0 Å². The van der Waals surface area contributed by atoms with Crippen LogP contribution in [-0.2, 0) is 19.1 Å². The van der Waals surface area contributed by atoms with Crippen molar-refractivity contribution in [3.63, 3.8) is 0 Å². The molecule has 1 aliphatic rings. The van der Waals surface area contributed by atoms with E-state index < -0.39 is 30.2 Å². The van der Waals surface area contributed by atoms with Crippen molar-refractivity contribution in [3.8, 4) is 0 Å². The zero-order chi connectivity index (χ0) is 22.1. The maximum absolute atomic E-state index is 12.3. The Kier molecular flexibility index (Phi) is 9.43. The zero-order valence-corrected chi connectivity index (χ0v) is 18.2. The van der Waals surface area contributed by atoms with Crippen LogP contribution in [0.5, 0.6) is 0 Å². The van der Waals surface area contributed by atoms with Crippen LogP contribution in [0.25, 0.3) is 0 Å². The van der Waals surface area contributed by atoms with Gasteiger partial charge in [0.25, 0.3) is 6.29 Å². The van der Waals surface area contributed by atoms with E-state index in [4.69, 9.17) is 21.1 Å². The molecule has 2 N–H and O–H groups in total. The minimum atomic E-state index is -0.988. The predicted octanol–water partition coefficient (Wildman–Crippen LogP) is 4.73. The maximum Gasteiger partial charge on any atom is 0.410 e. The van der Waals surface area contributed by atoms with E-state index in [1.165, 1.54) is 0 Å². The summed E-state index contributed by atoms with van der Waals surface area (Å²) in [5.74, 6) is -2.52. The number of amides is 1. The van der Waals surface area contributed by atoms with Crippen LogP contribution in [-0.4, -0.2) is 36.0 Å². The van der Waals surface area contributed by atoms with Gasteiger partial charge in [0.2, 0.25) is 0 Å². The number of carbonyl (C=O) groups excluding carboxylic acids is 2. The summed E-state index contributed by atoms with van der Waals surface area (Å²) in [4.78, 5) is 35.9. The number of nitrogens with one attached hydrogen (secondary N) is 1. The van der Waals surface area contributed by atoms with Gasteiger partial charge in [-0.25, -0.2) is 4.79 Å². The second-order valence-electron chi connectivity index (χ2n) is 7.92. The molecule has 0 heterocycles. The Hall–Kier alpha value is -2.28. The van der Waals surface area contributed by atoms with Gasteiger partial charge in [-0.05, 0) is 37.0 Å². The Morgan fingerprint density at radius 2 is 1.73 bits per heavy atom. The normalized spacial score (nSPS) is 16.5. The van der Waals surface area contributed by atoms with Crippen LogP contribution in [0.2, 0.25) is 5.02 Å². The summed E-state index contributed by atoms with van der Waals surface area (Å²) in [6, 6.07) is 6.58. The van der Waals surface area contributed by atoms with Crippen molar-refractivity contribution in [1.82, 2.24) is 5.32 Å². The average Bonchev–Trinajstić information content (AvgIpc) is 2.72. The number of carbonyl (C=O) groups is 3. The summed E-state index contributed by atoms with van der Waals surface area (Å²) in [5.41, 5.74) is 0.605. The topological polar surface area (TPSA) is 102 Å². The van der Waals surface area contributed by atoms with Crippen LogP contribution >= 0.6 is 11.6 Å². The molecule has 1 aromatic rings. The Labute approximate surface area is 182 Å². The van der Waals surface area contributed by atoms with Crippen molar-refractivity contribution in [2.24, 2.45) is 11.8 Å². The van der Waals surface area contributed by atoms with E-state index in [0.29, 0.717) is 10.6 Å². The molecule has 2 unspecified atom stereocenters. The van der Waals surface area contributed by atoms with E-state index in [-0.39, 0.29) is 24.8 Å². The highest BCUT2D eigenvalue weighted by atomic mass is 35.5. The van der Waals surface area contributed by atoms with Gasteiger partial charge < -0.3 is 19.9 Å². The number of esters is 1. The fourth-order valence-electron chi connectivity index (χ4n) is 3.47. The molecule has 0 radical (unpaired) electrons. The van der Waals surface area contributed by atoms with E-state index in [0.717, 1.165) is 32.1 Å². The molecule has 0 spiro atoms. The van der Waals surface area contributed by atoms with E-state index in [2.05, 4.69) is 5.32 Å². The molecule has 0 aromatic heterocycles. The number of halogens is 1. The number of alkyl carbamates (subject to hydrolysis) is 1. The molecule has 8 heteroatoms. The van der Waals surface area contributed by atoms with Gasteiger partial charge in [0.15, 0.2) is 0 Å². The molecule has 1 saturated carbocycles. The van der Waals surface area contributed by atoms with E-state index in [1.54, 1.807) is 38.1 Å². The van der Waals surface area contributed by atoms with Crippen molar-refractivity contribution < 1.29 is 29.0 Å². The quantitative estimate of drug-likeness (QED) is 0.426. The molecule has 0 aliphatic heterocycles. The number of benzene rings is 1. The molecule has 0 bridgehead atoms. The molecule has 166 valence electrons. The Morgan fingerprint density at radius 3 is 2.30 bits per heavy atom. The lowest BCUT2D eigenvalue weighted by molar-refractivity contribution is -0.182. The van der Waals surface area contributed by atoms with E-state index >= 15 is 0 Å². The smallest absolute Gasteiger partial charge is 0.410 e. The van der Waals surface area contributed by atoms with Gasteiger partial charge in [-0.2, -0.15) is 0 Å². The Morgan fingerprint density at radius 1 is 1.10 bits per heavy atom. The maximum atomic E-state index is 12.3. The molecular formula is C22H30ClNO6. The molecule has 7 nitrogen and oxygen atoms in total. The number of rotatable bonds is 9. The van der Waals surface area contributed by atoms with Crippen molar-refractivity contribution >= 4 is 29.6 Å². The van der Waals surface area contributed by atoms with Crippen LogP contribution in [0, 0.1) is 11.8 Å². The number of carboxylic acid groups (broad SMARTS) is 1. The van der Waals surface area contributed by atoms with Crippen molar-refractivity contribution in [2.75, 3.05) is 6.54 Å².